The van der Waals surface area contributed by atoms with Crippen LogP contribution in [0.4, 0.5) is 8.78 Å². The maximum absolute atomic E-state index is 13.5. The Balaban J connectivity index is 3.26. The van der Waals surface area contributed by atoms with E-state index in [0.717, 1.165) is 5.57 Å². The van der Waals surface area contributed by atoms with Gasteiger partial charge in [-0.25, -0.2) is 8.78 Å². The van der Waals surface area contributed by atoms with Gasteiger partial charge >= 0.3 is 5.97 Å². The van der Waals surface area contributed by atoms with Crippen molar-refractivity contribution < 1.29 is 18.3 Å². The summed E-state index contributed by atoms with van der Waals surface area (Å²) in [7, 11) is 0. The number of halogens is 2. The topological polar surface area (TPSA) is 26.3 Å². The third-order valence-electron chi connectivity index (χ3n) is 3.67. The van der Waals surface area contributed by atoms with Crippen LogP contribution in [0.1, 0.15) is 33.6 Å². The first-order valence-electron chi connectivity index (χ1n) is 8.19. The summed E-state index contributed by atoms with van der Waals surface area (Å²) >= 11 is 4.43. The average Bonchev–Trinajstić information content (AvgIpc) is 2.82. The highest BCUT2D eigenvalue weighted by molar-refractivity contribution is 7.80. The van der Waals surface area contributed by atoms with Crippen molar-refractivity contribution in [3.8, 4) is 0 Å². The molecule has 0 aromatic heterocycles. The zero-order valence-electron chi connectivity index (χ0n) is 14.7. The quantitative estimate of drug-likeness (QED) is 0.262. The molecule has 0 aliphatic heterocycles. The lowest BCUT2D eigenvalue weighted by Gasteiger charge is -2.25. The van der Waals surface area contributed by atoms with Gasteiger partial charge in [0.15, 0.2) is 5.44 Å². The highest BCUT2D eigenvalue weighted by Gasteiger charge is 2.26. The number of hydrogen-bond donors (Lipinski definition) is 1. The molecule has 0 radical (unpaired) electrons. The number of carbonyl (C=O) groups excluding carboxylic acids is 1. The van der Waals surface area contributed by atoms with E-state index >= 15 is 0 Å². The Morgan fingerprint density at radius 1 is 1.32 bits per heavy atom. The predicted octanol–water partition coefficient (Wildman–Crippen LogP) is 5.93. The number of rotatable bonds is 7. The van der Waals surface area contributed by atoms with E-state index in [1.807, 2.05) is 0 Å². The van der Waals surface area contributed by atoms with E-state index < -0.39 is 11.4 Å². The van der Waals surface area contributed by atoms with Crippen LogP contribution >= 0.6 is 12.6 Å². The molecule has 25 heavy (non-hydrogen) atoms. The number of allylic oxidation sites excluding steroid dienone is 10. The van der Waals surface area contributed by atoms with Crippen molar-refractivity contribution in [2.75, 3.05) is 0 Å². The van der Waals surface area contributed by atoms with Crippen molar-refractivity contribution in [2.45, 2.75) is 39.0 Å². The summed E-state index contributed by atoms with van der Waals surface area (Å²) in [5.74, 6) is -1.48. The smallest absolute Gasteiger partial charge is 0.306 e. The lowest BCUT2D eigenvalue weighted by molar-refractivity contribution is -0.145. The Hall–Kier alpha value is -1.88. The summed E-state index contributed by atoms with van der Waals surface area (Å²) in [6, 6.07) is 0. The molecular formula is C20H24F2O2S. The van der Waals surface area contributed by atoms with Crippen molar-refractivity contribution in [1.82, 2.24) is 0 Å². The van der Waals surface area contributed by atoms with Crippen LogP contribution in [0.25, 0.3) is 0 Å². The van der Waals surface area contributed by atoms with Crippen LogP contribution in [0, 0.1) is 5.92 Å². The predicted molar refractivity (Wildman–Crippen MR) is 101 cm³/mol. The fourth-order valence-corrected chi connectivity index (χ4v) is 2.75. The molecule has 0 bridgehead atoms. The molecule has 2 atom stereocenters. The highest BCUT2D eigenvalue weighted by atomic mass is 32.1. The number of carbonyl (C=O) groups is 1. The molecule has 1 unspecified atom stereocenters. The molecule has 1 aliphatic rings. The van der Waals surface area contributed by atoms with E-state index in [9.17, 15) is 13.6 Å². The molecular weight excluding hydrogens is 342 g/mol. The summed E-state index contributed by atoms with van der Waals surface area (Å²) < 4.78 is 32.3. The second-order valence-corrected chi connectivity index (χ2v) is 5.90. The van der Waals surface area contributed by atoms with E-state index in [0.29, 0.717) is 5.57 Å². The van der Waals surface area contributed by atoms with Crippen LogP contribution < -0.4 is 0 Å². The molecule has 1 rings (SSSR count). The van der Waals surface area contributed by atoms with Crippen LogP contribution in [0.15, 0.2) is 71.4 Å². The van der Waals surface area contributed by atoms with Crippen LogP contribution in [0.2, 0.25) is 0 Å². The first kappa shape index (κ1) is 21.2. The third-order valence-corrected chi connectivity index (χ3v) is 4.07. The molecule has 0 saturated heterocycles. The molecule has 2 nitrogen and oxygen atoms in total. The van der Waals surface area contributed by atoms with Gasteiger partial charge in [-0.2, -0.15) is 0 Å². The Bertz CT molecular complexity index is 655. The van der Waals surface area contributed by atoms with Crippen LogP contribution in [0.5, 0.6) is 0 Å². The first-order valence-corrected chi connectivity index (χ1v) is 8.71. The van der Waals surface area contributed by atoms with Crippen molar-refractivity contribution in [2.24, 2.45) is 5.92 Å². The Morgan fingerprint density at radius 2 is 2.04 bits per heavy atom. The first-order chi connectivity index (χ1) is 11.9. The lowest BCUT2D eigenvalue weighted by Crippen LogP contribution is -2.24. The standard InChI is InChI=1S/C20H24F2O2S/c1-4-14(10-12-16(21)5-2)19(20(25)24-18(23)6-3)15-8-7-9-17(22)13-11-15/h4-5,7-8,10-13,19-20,25H,6,9H2,1-3H3/b12-10-,14-4+,16-5+/t19?,20-/m0/s1. The van der Waals surface area contributed by atoms with Crippen molar-refractivity contribution >= 4 is 18.6 Å². The van der Waals surface area contributed by atoms with Gasteiger partial charge in [-0.05, 0) is 37.1 Å². The fraction of sp³-hybridized carbons (Fsp3) is 0.350. The Morgan fingerprint density at radius 3 is 2.64 bits per heavy atom. The van der Waals surface area contributed by atoms with Gasteiger partial charge in [0.05, 0.1) is 5.92 Å². The van der Waals surface area contributed by atoms with E-state index in [-0.39, 0.29) is 30.5 Å². The molecule has 0 N–H and O–H groups in total. The highest BCUT2D eigenvalue weighted by Crippen LogP contribution is 2.32. The summed E-state index contributed by atoms with van der Waals surface area (Å²) in [6.45, 7) is 5.10. The second kappa shape index (κ2) is 10.9. The number of thiol groups is 1. The minimum Gasteiger partial charge on any atom is -0.451 e. The van der Waals surface area contributed by atoms with Gasteiger partial charge in [0.2, 0.25) is 0 Å². The minimum atomic E-state index is -0.776. The maximum Gasteiger partial charge on any atom is 0.306 e. The molecule has 0 saturated carbocycles. The SMILES string of the molecule is C\C=C(F)/C=C\C(=C/C)C(C1=CC=C(F)CC=C1)[C@H](S)OC(=O)CC. The summed E-state index contributed by atoms with van der Waals surface area (Å²) in [4.78, 5) is 11.7. The van der Waals surface area contributed by atoms with Crippen molar-refractivity contribution in [3.05, 3.63) is 71.4 Å². The summed E-state index contributed by atoms with van der Waals surface area (Å²) in [5, 5.41) is 0. The Kier molecular flexibility index (Phi) is 9.21. The largest absolute Gasteiger partial charge is 0.451 e. The molecule has 1 aliphatic carbocycles. The number of esters is 1. The molecule has 0 spiro atoms. The van der Waals surface area contributed by atoms with Gasteiger partial charge in [-0.15, -0.1) is 12.6 Å². The maximum atomic E-state index is 13.5. The minimum absolute atomic E-state index is 0.201. The van der Waals surface area contributed by atoms with Crippen LogP contribution in [-0.2, 0) is 9.53 Å². The van der Waals surface area contributed by atoms with Gasteiger partial charge in [0.25, 0.3) is 0 Å². The van der Waals surface area contributed by atoms with Crippen molar-refractivity contribution in [1.29, 1.82) is 0 Å². The van der Waals surface area contributed by atoms with Gasteiger partial charge in [-0.1, -0.05) is 43.4 Å². The lowest BCUT2D eigenvalue weighted by atomic mass is 9.89. The normalized spacial score (nSPS) is 18.5. The van der Waals surface area contributed by atoms with E-state index in [2.05, 4.69) is 12.6 Å². The fourth-order valence-electron chi connectivity index (χ4n) is 2.28. The molecule has 0 aromatic carbocycles. The van der Waals surface area contributed by atoms with Crippen molar-refractivity contribution in [3.63, 3.8) is 0 Å². The molecule has 0 aromatic rings. The van der Waals surface area contributed by atoms with Gasteiger partial charge < -0.3 is 4.74 Å². The summed E-state index contributed by atoms with van der Waals surface area (Å²) in [5.41, 5.74) is 0.671. The number of ether oxygens (including phenoxy) is 1. The zero-order chi connectivity index (χ0) is 18.8. The van der Waals surface area contributed by atoms with E-state index in [4.69, 9.17) is 4.74 Å². The van der Waals surface area contributed by atoms with Gasteiger partial charge in [-0.3, -0.25) is 4.79 Å². The van der Waals surface area contributed by atoms with Gasteiger partial charge in [0, 0.05) is 12.8 Å². The second-order valence-electron chi connectivity index (χ2n) is 5.39. The molecule has 0 fully saturated rings. The zero-order valence-corrected chi connectivity index (χ0v) is 15.6. The van der Waals surface area contributed by atoms with Crippen LogP contribution in [-0.4, -0.2) is 11.4 Å². The summed E-state index contributed by atoms with van der Waals surface area (Å²) in [6.07, 6.45) is 13.0. The molecule has 136 valence electrons. The van der Waals surface area contributed by atoms with Gasteiger partial charge in [0.1, 0.15) is 11.7 Å². The van der Waals surface area contributed by atoms with E-state index in [1.54, 1.807) is 51.2 Å². The molecule has 0 heterocycles. The third kappa shape index (κ3) is 6.86. The average molecular weight is 366 g/mol. The van der Waals surface area contributed by atoms with E-state index in [1.165, 1.54) is 18.2 Å². The van der Waals surface area contributed by atoms with Crippen LogP contribution in [0.3, 0.4) is 0 Å². The molecule has 5 heteroatoms. The monoisotopic (exact) mass is 366 g/mol. The molecule has 0 amide bonds. The Labute approximate surface area is 153 Å². The number of hydrogen-bond acceptors (Lipinski definition) is 3.